The van der Waals surface area contributed by atoms with Gasteiger partial charge in [-0.1, -0.05) is 0 Å². The van der Waals surface area contributed by atoms with Gasteiger partial charge in [-0.3, -0.25) is 0 Å². The fourth-order valence-electron chi connectivity index (χ4n) is 2.94. The van der Waals surface area contributed by atoms with Gasteiger partial charge in [-0.05, 0) is 72.8 Å². The van der Waals surface area contributed by atoms with E-state index in [-0.39, 0.29) is 22.5 Å². The Balaban J connectivity index is 0.000000980. The van der Waals surface area contributed by atoms with E-state index in [1.54, 1.807) is 0 Å². The zero-order chi connectivity index (χ0) is 15.9. The molecule has 0 saturated heterocycles. The minimum Gasteiger partial charge on any atom is -0.412 e. The molecule has 8 bridgehead atoms. The molecule has 26 heavy (non-hydrogen) atoms. The number of H-pyrrole nitrogens is 2. The number of hydrogen-bond donors (Lipinski definition) is 2. The molecule has 0 fully saturated rings. The van der Waals surface area contributed by atoms with Gasteiger partial charge >= 0.3 is 0 Å². The number of aromatic nitrogens is 4. The standard InChI is InChI=1S/C20H14N4.Cu.H2O/c1-2-14-10-16-5-6-18(23-16)12-20-8-7-19(24-20)11-17-4-3-15(22-17)9-13(1)21-14;;/h1-12,21-22H;;1H2. The van der Waals surface area contributed by atoms with Crippen LogP contribution in [0.15, 0.2) is 48.5 Å². The number of hydrogen-bond acceptors (Lipinski definition) is 2. The quantitative estimate of drug-likeness (QED) is 0.393. The van der Waals surface area contributed by atoms with E-state index in [2.05, 4.69) is 50.3 Å². The molecule has 5 heterocycles. The van der Waals surface area contributed by atoms with E-state index in [4.69, 9.17) is 0 Å². The van der Waals surface area contributed by atoms with Crippen molar-refractivity contribution in [1.82, 2.24) is 19.9 Å². The van der Waals surface area contributed by atoms with Crippen LogP contribution in [0.3, 0.4) is 0 Å². The molecule has 0 saturated carbocycles. The molecule has 3 aromatic rings. The van der Waals surface area contributed by atoms with Gasteiger partial charge in [-0.15, -0.1) is 0 Å². The van der Waals surface area contributed by atoms with Crippen molar-refractivity contribution in [3.63, 3.8) is 0 Å². The summed E-state index contributed by atoms with van der Waals surface area (Å²) in [5.41, 5.74) is 7.86. The van der Waals surface area contributed by atoms with Gasteiger partial charge in [0, 0.05) is 39.1 Å². The van der Waals surface area contributed by atoms with Crippen molar-refractivity contribution in [3.05, 3.63) is 71.3 Å². The number of nitrogens with zero attached hydrogens (tertiary/aromatic N) is 2. The van der Waals surface area contributed by atoms with E-state index in [0.717, 1.165) is 44.8 Å². The molecule has 2 aliphatic rings. The third-order valence-corrected chi connectivity index (χ3v) is 4.04. The summed E-state index contributed by atoms with van der Waals surface area (Å²) < 4.78 is 0. The van der Waals surface area contributed by atoms with Crippen molar-refractivity contribution in [2.75, 3.05) is 0 Å². The predicted octanol–water partition coefficient (Wildman–Crippen LogP) is 3.83. The molecule has 133 valence electrons. The van der Waals surface area contributed by atoms with Gasteiger partial charge in [0.15, 0.2) is 0 Å². The zero-order valence-corrected chi connectivity index (χ0v) is 14.6. The topological polar surface area (TPSA) is 88.9 Å². The Bertz CT molecular complexity index is 1080. The van der Waals surface area contributed by atoms with Crippen molar-refractivity contribution in [3.8, 4) is 0 Å². The Hall–Kier alpha value is -2.92. The summed E-state index contributed by atoms with van der Waals surface area (Å²) in [5.74, 6) is 0. The number of fused-ring (bicyclic) bond motifs is 8. The van der Waals surface area contributed by atoms with Crippen LogP contribution >= 0.6 is 0 Å². The van der Waals surface area contributed by atoms with Crippen LogP contribution in [0.4, 0.5) is 0 Å². The van der Waals surface area contributed by atoms with Crippen LogP contribution in [-0.2, 0) is 17.1 Å². The minimum absolute atomic E-state index is 0. The van der Waals surface area contributed by atoms with E-state index >= 15 is 0 Å². The van der Waals surface area contributed by atoms with Crippen LogP contribution in [0.5, 0.6) is 0 Å². The predicted molar refractivity (Wildman–Crippen MR) is 102 cm³/mol. The SMILES string of the molecule is C1=Cc2cc3ccc(cc4ccc(cc5nc(cc1n2)C=C5)[nH]4)[nH]3.O.[Cu]. The molecule has 0 amide bonds. The molecule has 5 rings (SSSR count). The second kappa shape index (κ2) is 7.14. The van der Waals surface area contributed by atoms with Gasteiger partial charge in [-0.25, -0.2) is 9.97 Å². The number of nitrogens with one attached hydrogen (secondary N) is 2. The maximum Gasteiger partial charge on any atom is 0.0659 e. The summed E-state index contributed by atoms with van der Waals surface area (Å²) in [6.45, 7) is 0. The van der Waals surface area contributed by atoms with Crippen molar-refractivity contribution >= 4 is 46.4 Å². The van der Waals surface area contributed by atoms with Gasteiger partial charge in [0.1, 0.15) is 0 Å². The summed E-state index contributed by atoms with van der Waals surface area (Å²) in [7, 11) is 0. The Morgan fingerprint density at radius 3 is 1.27 bits per heavy atom. The Morgan fingerprint density at radius 2 is 0.846 bits per heavy atom. The van der Waals surface area contributed by atoms with Crippen LogP contribution < -0.4 is 0 Å². The van der Waals surface area contributed by atoms with E-state index in [0.29, 0.717) is 0 Å². The first-order valence-electron chi connectivity index (χ1n) is 7.85. The van der Waals surface area contributed by atoms with Crippen LogP contribution in [0, 0.1) is 0 Å². The molecule has 6 heteroatoms. The summed E-state index contributed by atoms with van der Waals surface area (Å²) in [6, 6.07) is 16.4. The summed E-state index contributed by atoms with van der Waals surface area (Å²) >= 11 is 0. The van der Waals surface area contributed by atoms with Crippen LogP contribution in [0.25, 0.3) is 46.4 Å². The van der Waals surface area contributed by atoms with Gasteiger partial charge in [0.2, 0.25) is 0 Å². The van der Waals surface area contributed by atoms with Gasteiger partial charge in [-0.2, -0.15) is 0 Å². The van der Waals surface area contributed by atoms with Crippen molar-refractivity contribution in [2.24, 2.45) is 0 Å². The second-order valence-corrected chi connectivity index (χ2v) is 5.91. The molecule has 4 N–H and O–H groups in total. The minimum atomic E-state index is 0. The Labute approximate surface area is 160 Å². The second-order valence-electron chi connectivity index (χ2n) is 5.91. The molecule has 0 spiro atoms. The molecular weight excluding hydrogens is 376 g/mol. The van der Waals surface area contributed by atoms with Crippen molar-refractivity contribution < 1.29 is 22.5 Å². The van der Waals surface area contributed by atoms with Crippen molar-refractivity contribution in [1.29, 1.82) is 0 Å². The van der Waals surface area contributed by atoms with Gasteiger partial charge < -0.3 is 15.4 Å². The first kappa shape index (κ1) is 17.9. The third kappa shape index (κ3) is 3.53. The maximum atomic E-state index is 4.62. The van der Waals surface area contributed by atoms with Gasteiger partial charge in [0.05, 0.1) is 22.8 Å². The summed E-state index contributed by atoms with van der Waals surface area (Å²) in [5, 5.41) is 0. The zero-order valence-electron chi connectivity index (χ0n) is 13.6. The molecule has 0 aliphatic carbocycles. The number of rotatable bonds is 0. The van der Waals surface area contributed by atoms with E-state index in [1.807, 2.05) is 42.5 Å². The first-order valence-corrected chi connectivity index (χ1v) is 7.85. The summed E-state index contributed by atoms with van der Waals surface area (Å²) in [6.07, 6.45) is 8.05. The van der Waals surface area contributed by atoms with E-state index in [9.17, 15) is 0 Å². The number of aromatic amines is 2. The van der Waals surface area contributed by atoms with E-state index in [1.165, 1.54) is 0 Å². The molecule has 0 unspecified atom stereocenters. The summed E-state index contributed by atoms with van der Waals surface area (Å²) in [4.78, 5) is 16.0. The normalized spacial score (nSPS) is 11.7. The molecular formula is C20H16CuN4O. The van der Waals surface area contributed by atoms with Gasteiger partial charge in [0.25, 0.3) is 0 Å². The molecule has 5 nitrogen and oxygen atoms in total. The smallest absolute Gasteiger partial charge is 0.0659 e. The van der Waals surface area contributed by atoms with Crippen LogP contribution in [-0.4, -0.2) is 25.4 Å². The molecule has 2 aliphatic heterocycles. The average Bonchev–Trinajstić information content (AvgIpc) is 3.32. The molecule has 0 aromatic carbocycles. The fraction of sp³-hybridized carbons (Fsp3) is 0. The largest absolute Gasteiger partial charge is 0.412 e. The maximum absolute atomic E-state index is 4.62. The first-order chi connectivity index (χ1) is 11.8. The molecule has 1 radical (unpaired) electrons. The average molecular weight is 392 g/mol. The Morgan fingerprint density at radius 1 is 0.500 bits per heavy atom. The Kier molecular flexibility index (Phi) is 4.91. The van der Waals surface area contributed by atoms with Crippen LogP contribution in [0.2, 0.25) is 0 Å². The van der Waals surface area contributed by atoms with E-state index < -0.39 is 0 Å². The fourth-order valence-corrected chi connectivity index (χ4v) is 2.94. The monoisotopic (exact) mass is 391 g/mol. The van der Waals surface area contributed by atoms with Crippen molar-refractivity contribution in [2.45, 2.75) is 0 Å². The van der Waals surface area contributed by atoms with Crippen LogP contribution in [0.1, 0.15) is 22.8 Å². The molecule has 3 aromatic heterocycles. The molecule has 0 atom stereocenters. The third-order valence-electron chi connectivity index (χ3n) is 4.04.